The first-order valence-electron chi connectivity index (χ1n) is 12.3. The fourth-order valence-corrected chi connectivity index (χ4v) is 5.57. The van der Waals surface area contributed by atoms with E-state index in [1.54, 1.807) is 0 Å². The Morgan fingerprint density at radius 2 is 1.73 bits per heavy atom. The third kappa shape index (κ3) is 5.37. The van der Waals surface area contributed by atoms with E-state index in [2.05, 4.69) is 17.0 Å². The molecule has 176 valence electrons. The summed E-state index contributed by atoms with van der Waals surface area (Å²) in [5.41, 5.74) is 1.83. The predicted molar refractivity (Wildman–Crippen MR) is 130 cm³/mol. The van der Waals surface area contributed by atoms with Crippen molar-refractivity contribution in [3.63, 3.8) is 0 Å². The molecule has 3 saturated heterocycles. The van der Waals surface area contributed by atoms with E-state index < -0.39 is 0 Å². The van der Waals surface area contributed by atoms with Crippen molar-refractivity contribution >= 4 is 17.5 Å². The summed E-state index contributed by atoms with van der Waals surface area (Å²) in [7, 11) is 0. The summed E-state index contributed by atoms with van der Waals surface area (Å²) in [6, 6.07) is 15.6. The summed E-state index contributed by atoms with van der Waals surface area (Å²) in [5.74, 6) is 0.979. The molecule has 2 aromatic rings. The third-order valence-electron chi connectivity index (χ3n) is 7.34. The highest BCUT2D eigenvalue weighted by atomic mass is 35.5. The van der Waals surface area contributed by atoms with Gasteiger partial charge < -0.3 is 14.4 Å². The maximum absolute atomic E-state index is 13.4. The minimum atomic E-state index is -0.179. The van der Waals surface area contributed by atoms with Crippen molar-refractivity contribution in [3.05, 3.63) is 64.7 Å². The van der Waals surface area contributed by atoms with Crippen LogP contribution in [0, 0.1) is 0 Å². The summed E-state index contributed by atoms with van der Waals surface area (Å²) >= 11 is 5.97. The number of carbonyl (C=O) groups excluding carboxylic acids is 1. The van der Waals surface area contributed by atoms with Crippen LogP contribution in [0.15, 0.2) is 48.5 Å². The molecule has 33 heavy (non-hydrogen) atoms. The topological polar surface area (TPSA) is 42.0 Å². The minimum Gasteiger partial charge on any atom is -0.488 e. The fourth-order valence-electron chi connectivity index (χ4n) is 5.45. The molecular formula is C27H33ClN2O3. The number of likely N-dealkylation sites (tertiary alicyclic amines) is 2. The van der Waals surface area contributed by atoms with Crippen molar-refractivity contribution in [2.24, 2.45) is 0 Å². The van der Waals surface area contributed by atoms with Crippen molar-refractivity contribution in [1.82, 2.24) is 9.80 Å². The number of benzene rings is 2. The van der Waals surface area contributed by atoms with Crippen LogP contribution < -0.4 is 4.74 Å². The highest BCUT2D eigenvalue weighted by Gasteiger charge is 2.44. The fraction of sp³-hybridized carbons (Fsp3) is 0.519. The highest BCUT2D eigenvalue weighted by Crippen LogP contribution is 2.38. The summed E-state index contributed by atoms with van der Waals surface area (Å²) in [5, 5.41) is 0.705. The van der Waals surface area contributed by atoms with Crippen LogP contribution in [0.1, 0.15) is 54.4 Å². The molecular weight excluding hydrogens is 436 g/mol. The lowest BCUT2D eigenvalue weighted by molar-refractivity contribution is -0.0396. The van der Waals surface area contributed by atoms with Crippen LogP contribution in [0.4, 0.5) is 0 Å². The van der Waals surface area contributed by atoms with Crippen LogP contribution in [0.2, 0.25) is 5.02 Å². The van der Waals surface area contributed by atoms with E-state index in [0.29, 0.717) is 11.6 Å². The number of hydrogen-bond acceptors (Lipinski definition) is 4. The van der Waals surface area contributed by atoms with Gasteiger partial charge >= 0.3 is 0 Å². The lowest BCUT2D eigenvalue weighted by atomic mass is 9.87. The molecule has 2 aromatic carbocycles. The molecule has 0 saturated carbocycles. The molecule has 1 unspecified atom stereocenters. The number of ether oxygens (including phenoxy) is 2. The van der Waals surface area contributed by atoms with Gasteiger partial charge in [-0.25, -0.2) is 0 Å². The largest absolute Gasteiger partial charge is 0.488 e. The average Bonchev–Trinajstić information content (AvgIpc) is 3.23. The molecule has 3 aliphatic rings. The predicted octanol–water partition coefficient (Wildman–Crippen LogP) is 5.17. The number of amides is 1. The Morgan fingerprint density at radius 3 is 2.48 bits per heavy atom. The van der Waals surface area contributed by atoms with Crippen LogP contribution in [0.3, 0.4) is 0 Å². The second-order valence-electron chi connectivity index (χ2n) is 9.68. The first-order valence-corrected chi connectivity index (χ1v) is 12.6. The zero-order valence-corrected chi connectivity index (χ0v) is 19.9. The zero-order chi connectivity index (χ0) is 22.7. The minimum absolute atomic E-state index is 0.0405. The summed E-state index contributed by atoms with van der Waals surface area (Å²) in [6.45, 7) is 5.17. The molecule has 0 radical (unpaired) electrons. The lowest BCUT2D eigenvalue weighted by Crippen LogP contribution is -2.47. The van der Waals surface area contributed by atoms with Gasteiger partial charge in [0.2, 0.25) is 0 Å². The number of carbonyl (C=O) groups is 1. The number of hydrogen-bond donors (Lipinski definition) is 0. The van der Waals surface area contributed by atoms with Gasteiger partial charge in [0.1, 0.15) is 11.9 Å². The average molecular weight is 469 g/mol. The highest BCUT2D eigenvalue weighted by molar-refractivity contribution is 6.30. The van der Waals surface area contributed by atoms with E-state index in [1.807, 2.05) is 41.3 Å². The molecule has 0 aromatic heterocycles. The van der Waals surface area contributed by atoms with Gasteiger partial charge in [-0.15, -0.1) is 0 Å². The van der Waals surface area contributed by atoms with E-state index in [4.69, 9.17) is 21.1 Å². The number of nitrogens with zero attached hydrogens (tertiary/aromatic N) is 2. The van der Waals surface area contributed by atoms with Gasteiger partial charge in [0.05, 0.1) is 12.2 Å². The Bertz CT molecular complexity index is 950. The van der Waals surface area contributed by atoms with Crippen molar-refractivity contribution in [1.29, 1.82) is 0 Å². The molecule has 1 spiro atoms. The van der Waals surface area contributed by atoms with Crippen molar-refractivity contribution in [2.75, 3.05) is 32.8 Å². The van der Waals surface area contributed by atoms with E-state index in [1.165, 1.54) is 19.3 Å². The first kappa shape index (κ1) is 22.7. The van der Waals surface area contributed by atoms with Gasteiger partial charge in [-0.05, 0) is 74.7 Å². The van der Waals surface area contributed by atoms with Gasteiger partial charge in [0, 0.05) is 36.6 Å². The van der Waals surface area contributed by atoms with Crippen LogP contribution in [-0.4, -0.2) is 60.2 Å². The SMILES string of the molecule is O=C(c1ccccc1CN1CCCCC1)N1CCC2(CC1)CC(Oc1ccc(Cl)cc1)CO2. The van der Waals surface area contributed by atoms with Crippen LogP contribution >= 0.6 is 11.6 Å². The molecule has 6 heteroatoms. The number of halogens is 1. The standard InChI is InChI=1S/C27H33ClN2O3/c28-22-8-10-23(11-9-22)33-24-18-27(32-20-24)12-16-30(17-13-27)26(31)25-7-3-2-6-21(25)19-29-14-4-1-5-15-29/h2-3,6-11,24H,1,4-5,12-20H2. The summed E-state index contributed by atoms with van der Waals surface area (Å²) < 4.78 is 12.4. The Balaban J connectivity index is 1.17. The van der Waals surface area contributed by atoms with Crippen LogP contribution in [-0.2, 0) is 11.3 Å². The summed E-state index contributed by atoms with van der Waals surface area (Å²) in [6.07, 6.45) is 6.45. The monoisotopic (exact) mass is 468 g/mol. The Hall–Kier alpha value is -2.08. The van der Waals surface area contributed by atoms with E-state index in [0.717, 1.165) is 68.9 Å². The van der Waals surface area contributed by atoms with E-state index in [9.17, 15) is 4.79 Å². The van der Waals surface area contributed by atoms with Crippen LogP contribution in [0.25, 0.3) is 0 Å². The molecule has 5 rings (SSSR count). The third-order valence-corrected chi connectivity index (χ3v) is 7.60. The molecule has 1 amide bonds. The molecule has 5 nitrogen and oxygen atoms in total. The second kappa shape index (κ2) is 10.0. The Labute approximate surface area is 201 Å². The zero-order valence-electron chi connectivity index (χ0n) is 19.2. The van der Waals surface area contributed by atoms with E-state index in [-0.39, 0.29) is 17.6 Å². The molecule has 3 fully saturated rings. The maximum atomic E-state index is 13.4. The molecule has 0 N–H and O–H groups in total. The molecule has 3 heterocycles. The van der Waals surface area contributed by atoms with Gasteiger partial charge in [-0.1, -0.05) is 36.2 Å². The van der Waals surface area contributed by atoms with Crippen molar-refractivity contribution < 1.29 is 14.3 Å². The Kier molecular flexibility index (Phi) is 6.91. The summed E-state index contributed by atoms with van der Waals surface area (Å²) in [4.78, 5) is 17.9. The van der Waals surface area contributed by atoms with Crippen molar-refractivity contribution in [3.8, 4) is 5.75 Å². The first-order chi connectivity index (χ1) is 16.1. The van der Waals surface area contributed by atoms with Crippen LogP contribution in [0.5, 0.6) is 5.75 Å². The van der Waals surface area contributed by atoms with Gasteiger partial charge in [-0.2, -0.15) is 0 Å². The van der Waals surface area contributed by atoms with Gasteiger partial charge in [-0.3, -0.25) is 9.69 Å². The number of piperidine rings is 2. The van der Waals surface area contributed by atoms with Gasteiger partial charge in [0.25, 0.3) is 5.91 Å². The molecule has 1 atom stereocenters. The number of rotatable bonds is 5. The molecule has 3 aliphatic heterocycles. The smallest absolute Gasteiger partial charge is 0.254 e. The Morgan fingerprint density at radius 1 is 1.00 bits per heavy atom. The lowest BCUT2D eigenvalue weighted by Gasteiger charge is -2.39. The molecule has 0 aliphatic carbocycles. The van der Waals surface area contributed by atoms with Crippen molar-refractivity contribution in [2.45, 2.75) is 56.8 Å². The maximum Gasteiger partial charge on any atom is 0.254 e. The van der Waals surface area contributed by atoms with Gasteiger partial charge in [0.15, 0.2) is 0 Å². The molecule has 0 bridgehead atoms. The quantitative estimate of drug-likeness (QED) is 0.607. The normalized spacial score (nSPS) is 23.1. The second-order valence-corrected chi connectivity index (χ2v) is 10.1. The van der Waals surface area contributed by atoms with E-state index >= 15 is 0 Å².